The summed E-state index contributed by atoms with van der Waals surface area (Å²) in [7, 11) is 0. The Bertz CT molecular complexity index is 462. The van der Waals surface area contributed by atoms with Gasteiger partial charge in [-0.1, -0.05) is 12.1 Å². The molecule has 2 rings (SSSR count). The van der Waals surface area contributed by atoms with Crippen LogP contribution in [0.2, 0.25) is 0 Å². The molecule has 0 saturated carbocycles. The van der Waals surface area contributed by atoms with Gasteiger partial charge < -0.3 is 0 Å². The van der Waals surface area contributed by atoms with Gasteiger partial charge in [-0.2, -0.15) is 5.10 Å². The molecule has 0 aliphatic rings. The van der Waals surface area contributed by atoms with E-state index in [-0.39, 0.29) is 18.1 Å². The topological polar surface area (TPSA) is 34.9 Å². The maximum Gasteiger partial charge on any atom is 0.158 e. The zero-order valence-corrected chi connectivity index (χ0v) is 8.64. The van der Waals surface area contributed by atoms with Crippen molar-refractivity contribution >= 4 is 5.78 Å². The molecule has 0 aliphatic carbocycles. The maximum atomic E-state index is 12.6. The van der Waals surface area contributed by atoms with E-state index in [1.807, 2.05) is 0 Å². The summed E-state index contributed by atoms with van der Waals surface area (Å²) in [4.78, 5) is 11.6. The fourth-order valence-corrected chi connectivity index (χ4v) is 1.46. The number of halogens is 1. The smallest absolute Gasteiger partial charge is 0.158 e. The van der Waals surface area contributed by atoms with E-state index in [0.29, 0.717) is 6.42 Å². The second-order valence-corrected chi connectivity index (χ2v) is 3.55. The molecule has 0 radical (unpaired) electrons. The van der Waals surface area contributed by atoms with Crippen molar-refractivity contribution in [2.45, 2.75) is 13.0 Å². The minimum Gasteiger partial charge on any atom is -0.297 e. The molecule has 0 bridgehead atoms. The standard InChI is InChI=1S/C12H11FN2O/c13-11-4-2-10(3-5-11)8-12(16)9-15-7-1-6-14-15/h1-7H,8-9H2. The van der Waals surface area contributed by atoms with Crippen molar-refractivity contribution < 1.29 is 9.18 Å². The molecule has 1 aromatic carbocycles. The number of carbonyl (C=O) groups excluding carboxylic acids is 1. The van der Waals surface area contributed by atoms with Crippen LogP contribution < -0.4 is 0 Å². The summed E-state index contributed by atoms with van der Waals surface area (Å²) in [5.41, 5.74) is 0.818. The molecule has 16 heavy (non-hydrogen) atoms. The van der Waals surface area contributed by atoms with Crippen LogP contribution in [-0.4, -0.2) is 15.6 Å². The minimum atomic E-state index is -0.289. The van der Waals surface area contributed by atoms with E-state index in [0.717, 1.165) is 5.56 Å². The van der Waals surface area contributed by atoms with Gasteiger partial charge in [-0.3, -0.25) is 9.48 Å². The Morgan fingerprint density at radius 3 is 2.69 bits per heavy atom. The van der Waals surface area contributed by atoms with Gasteiger partial charge in [0.1, 0.15) is 5.82 Å². The summed E-state index contributed by atoms with van der Waals surface area (Å²) in [5.74, 6) is -0.237. The quantitative estimate of drug-likeness (QED) is 0.784. The molecule has 0 spiro atoms. The van der Waals surface area contributed by atoms with Crippen molar-refractivity contribution in [2.75, 3.05) is 0 Å². The number of benzene rings is 1. The summed E-state index contributed by atoms with van der Waals surface area (Å²) < 4.78 is 14.2. The molecular weight excluding hydrogens is 207 g/mol. The second-order valence-electron chi connectivity index (χ2n) is 3.55. The molecule has 4 heteroatoms. The number of rotatable bonds is 4. The lowest BCUT2D eigenvalue weighted by molar-refractivity contribution is -0.119. The highest BCUT2D eigenvalue weighted by Gasteiger charge is 2.04. The summed E-state index contributed by atoms with van der Waals surface area (Å²) in [6.45, 7) is 0.254. The SMILES string of the molecule is O=C(Cc1ccc(F)cc1)Cn1cccn1. The van der Waals surface area contributed by atoms with Crippen molar-refractivity contribution in [3.63, 3.8) is 0 Å². The molecule has 82 valence electrons. The van der Waals surface area contributed by atoms with Gasteiger partial charge in [-0.25, -0.2) is 4.39 Å². The number of aromatic nitrogens is 2. The summed E-state index contributed by atoms with van der Waals surface area (Å²) in [5, 5.41) is 3.95. The van der Waals surface area contributed by atoms with Gasteiger partial charge in [0.2, 0.25) is 0 Å². The Morgan fingerprint density at radius 1 is 1.31 bits per heavy atom. The molecule has 1 heterocycles. The monoisotopic (exact) mass is 218 g/mol. The first-order valence-corrected chi connectivity index (χ1v) is 4.97. The van der Waals surface area contributed by atoms with Gasteiger partial charge in [-0.05, 0) is 23.8 Å². The Kier molecular flexibility index (Phi) is 3.10. The molecule has 0 N–H and O–H groups in total. The van der Waals surface area contributed by atoms with Crippen LogP contribution in [0.3, 0.4) is 0 Å². The van der Waals surface area contributed by atoms with Crippen molar-refractivity contribution in [2.24, 2.45) is 0 Å². The lowest BCUT2D eigenvalue weighted by Gasteiger charge is -2.01. The fourth-order valence-electron chi connectivity index (χ4n) is 1.46. The number of Topliss-reactive ketones (excluding diaryl/α,β-unsaturated/α-hetero) is 1. The predicted molar refractivity (Wildman–Crippen MR) is 57.3 cm³/mol. The van der Waals surface area contributed by atoms with E-state index in [9.17, 15) is 9.18 Å². The number of hydrogen-bond acceptors (Lipinski definition) is 2. The first-order chi connectivity index (χ1) is 7.74. The van der Waals surface area contributed by atoms with Gasteiger partial charge >= 0.3 is 0 Å². The van der Waals surface area contributed by atoms with Gasteiger partial charge in [0, 0.05) is 18.8 Å². The van der Waals surface area contributed by atoms with E-state index in [4.69, 9.17) is 0 Å². The predicted octanol–water partition coefficient (Wildman–Crippen LogP) is 1.83. The first kappa shape index (κ1) is 10.5. The summed E-state index contributed by atoms with van der Waals surface area (Å²) in [6.07, 6.45) is 3.67. The van der Waals surface area contributed by atoms with Gasteiger partial charge in [0.05, 0.1) is 6.54 Å². The summed E-state index contributed by atoms with van der Waals surface area (Å²) in [6, 6.07) is 7.73. The Balaban J connectivity index is 1.95. The van der Waals surface area contributed by atoms with E-state index < -0.39 is 0 Å². The fraction of sp³-hybridized carbons (Fsp3) is 0.167. The summed E-state index contributed by atoms with van der Waals surface area (Å²) >= 11 is 0. The number of carbonyl (C=O) groups is 1. The largest absolute Gasteiger partial charge is 0.297 e. The van der Waals surface area contributed by atoms with E-state index in [1.54, 1.807) is 35.3 Å². The van der Waals surface area contributed by atoms with Crippen molar-refractivity contribution in [1.29, 1.82) is 0 Å². The number of nitrogens with zero attached hydrogens (tertiary/aromatic N) is 2. The van der Waals surface area contributed by atoms with Crippen LogP contribution in [0.4, 0.5) is 4.39 Å². The molecule has 0 fully saturated rings. The lowest BCUT2D eigenvalue weighted by atomic mass is 10.1. The zero-order valence-electron chi connectivity index (χ0n) is 8.64. The van der Waals surface area contributed by atoms with Crippen LogP contribution in [0.5, 0.6) is 0 Å². The van der Waals surface area contributed by atoms with Crippen LogP contribution in [0.1, 0.15) is 5.56 Å². The molecule has 0 unspecified atom stereocenters. The molecule has 0 aliphatic heterocycles. The van der Waals surface area contributed by atoms with E-state index in [2.05, 4.69) is 5.10 Å². The third kappa shape index (κ3) is 2.76. The van der Waals surface area contributed by atoms with E-state index >= 15 is 0 Å². The zero-order chi connectivity index (χ0) is 11.4. The normalized spacial score (nSPS) is 10.3. The highest BCUT2D eigenvalue weighted by Crippen LogP contribution is 2.04. The minimum absolute atomic E-state index is 0.0512. The molecule has 2 aromatic rings. The Hall–Kier alpha value is -1.97. The van der Waals surface area contributed by atoms with Crippen LogP contribution in [0.15, 0.2) is 42.7 Å². The van der Waals surface area contributed by atoms with Crippen LogP contribution in [0, 0.1) is 5.82 Å². The molecular formula is C12H11FN2O. The average molecular weight is 218 g/mol. The molecule has 0 atom stereocenters. The molecule has 0 amide bonds. The molecule has 0 saturated heterocycles. The molecule has 1 aromatic heterocycles. The highest BCUT2D eigenvalue weighted by atomic mass is 19.1. The number of hydrogen-bond donors (Lipinski definition) is 0. The third-order valence-corrected chi connectivity index (χ3v) is 2.21. The van der Waals surface area contributed by atoms with Gasteiger partial charge in [0.25, 0.3) is 0 Å². The third-order valence-electron chi connectivity index (χ3n) is 2.21. The average Bonchev–Trinajstić information content (AvgIpc) is 2.74. The second kappa shape index (κ2) is 4.70. The van der Waals surface area contributed by atoms with Crippen molar-refractivity contribution in [1.82, 2.24) is 9.78 Å². The Labute approximate surface area is 92.5 Å². The van der Waals surface area contributed by atoms with Crippen LogP contribution in [-0.2, 0) is 17.8 Å². The van der Waals surface area contributed by atoms with Gasteiger partial charge in [-0.15, -0.1) is 0 Å². The number of ketones is 1. The van der Waals surface area contributed by atoms with Crippen molar-refractivity contribution in [3.05, 3.63) is 54.1 Å². The maximum absolute atomic E-state index is 12.6. The molecule has 3 nitrogen and oxygen atoms in total. The van der Waals surface area contributed by atoms with Crippen molar-refractivity contribution in [3.8, 4) is 0 Å². The van der Waals surface area contributed by atoms with E-state index in [1.165, 1.54) is 12.1 Å². The Morgan fingerprint density at radius 2 is 2.06 bits per heavy atom. The lowest BCUT2D eigenvalue weighted by Crippen LogP contribution is -2.12. The van der Waals surface area contributed by atoms with Gasteiger partial charge in [0.15, 0.2) is 5.78 Å². The van der Waals surface area contributed by atoms with Crippen LogP contribution in [0.25, 0.3) is 0 Å². The van der Waals surface area contributed by atoms with Crippen LogP contribution >= 0.6 is 0 Å². The highest BCUT2D eigenvalue weighted by molar-refractivity contribution is 5.80. The first-order valence-electron chi connectivity index (χ1n) is 4.97.